The Kier molecular flexibility index (Phi) is 6.70. The molecule has 1 amide bonds. The molecule has 0 saturated heterocycles. The van der Waals surface area contributed by atoms with Crippen molar-refractivity contribution in [3.63, 3.8) is 0 Å². The number of thioether (sulfide) groups is 1. The van der Waals surface area contributed by atoms with Crippen LogP contribution in [0.25, 0.3) is 10.2 Å². The fraction of sp³-hybridized carbons (Fsp3) is 0.286. The Morgan fingerprint density at radius 3 is 2.79 bits per heavy atom. The van der Waals surface area contributed by atoms with E-state index >= 15 is 0 Å². The Balaban J connectivity index is 1.69. The third kappa shape index (κ3) is 4.54. The van der Waals surface area contributed by atoms with Gasteiger partial charge < -0.3 is 5.32 Å². The molecular weight excluding hydrogens is 390 g/mol. The number of carbonyl (C=O) groups excluding carboxylic acids is 1. The summed E-state index contributed by atoms with van der Waals surface area (Å²) in [4.78, 5) is 30.2. The van der Waals surface area contributed by atoms with E-state index in [1.165, 1.54) is 28.7 Å². The molecule has 1 unspecified atom stereocenters. The SMILES string of the molecule is C=CCn1c(SCC(=O)Nc2ccc(C(C)CC)cc2)nc2sccc2c1=O. The van der Waals surface area contributed by atoms with Crippen molar-refractivity contribution >= 4 is 44.9 Å². The smallest absolute Gasteiger partial charge is 0.263 e. The molecule has 1 N–H and O–H groups in total. The Morgan fingerprint density at radius 2 is 2.11 bits per heavy atom. The van der Waals surface area contributed by atoms with Crippen molar-refractivity contribution in [2.45, 2.75) is 37.9 Å². The van der Waals surface area contributed by atoms with Gasteiger partial charge in [0, 0.05) is 12.2 Å². The number of benzene rings is 1. The maximum absolute atomic E-state index is 12.6. The number of nitrogens with one attached hydrogen (secondary N) is 1. The molecule has 146 valence electrons. The minimum absolute atomic E-state index is 0.102. The molecule has 0 aliphatic heterocycles. The van der Waals surface area contributed by atoms with Gasteiger partial charge in [-0.25, -0.2) is 4.98 Å². The molecule has 2 heterocycles. The average Bonchev–Trinajstić information content (AvgIpc) is 3.17. The number of thiophene rings is 1. The van der Waals surface area contributed by atoms with Crippen LogP contribution in [0.4, 0.5) is 5.69 Å². The van der Waals surface area contributed by atoms with Gasteiger partial charge in [-0.1, -0.05) is 43.8 Å². The summed E-state index contributed by atoms with van der Waals surface area (Å²) in [6.45, 7) is 8.41. The Bertz CT molecular complexity index is 1040. The summed E-state index contributed by atoms with van der Waals surface area (Å²) >= 11 is 2.68. The van der Waals surface area contributed by atoms with Crippen molar-refractivity contribution in [2.75, 3.05) is 11.1 Å². The van der Waals surface area contributed by atoms with Crippen molar-refractivity contribution in [2.24, 2.45) is 0 Å². The average molecular weight is 414 g/mol. The van der Waals surface area contributed by atoms with Crippen LogP contribution in [-0.4, -0.2) is 21.2 Å². The van der Waals surface area contributed by atoms with Gasteiger partial charge in [0.1, 0.15) is 4.83 Å². The van der Waals surface area contributed by atoms with Crippen LogP contribution in [0.5, 0.6) is 0 Å². The third-order valence-corrected chi connectivity index (χ3v) is 6.35. The number of nitrogens with zero attached hydrogens (tertiary/aromatic N) is 2. The first-order valence-electron chi connectivity index (χ1n) is 9.15. The normalized spacial score (nSPS) is 12.1. The zero-order valence-electron chi connectivity index (χ0n) is 16.0. The van der Waals surface area contributed by atoms with Gasteiger partial charge in [0.25, 0.3) is 5.56 Å². The number of fused-ring (bicyclic) bond motifs is 1. The van der Waals surface area contributed by atoms with Gasteiger partial charge in [-0.15, -0.1) is 17.9 Å². The van der Waals surface area contributed by atoms with E-state index in [1.54, 1.807) is 16.7 Å². The molecule has 0 aliphatic carbocycles. The van der Waals surface area contributed by atoms with Crippen LogP contribution >= 0.6 is 23.1 Å². The lowest BCUT2D eigenvalue weighted by molar-refractivity contribution is -0.113. The number of carbonyl (C=O) groups is 1. The van der Waals surface area contributed by atoms with Gasteiger partial charge >= 0.3 is 0 Å². The molecule has 0 spiro atoms. The monoisotopic (exact) mass is 413 g/mol. The number of amides is 1. The maximum atomic E-state index is 12.6. The summed E-state index contributed by atoms with van der Waals surface area (Å²) in [6, 6.07) is 9.72. The quantitative estimate of drug-likeness (QED) is 0.324. The van der Waals surface area contributed by atoms with Crippen LogP contribution in [0, 0.1) is 0 Å². The van der Waals surface area contributed by atoms with Crippen LogP contribution in [0.1, 0.15) is 31.7 Å². The molecule has 0 radical (unpaired) electrons. The molecule has 1 aromatic carbocycles. The highest BCUT2D eigenvalue weighted by atomic mass is 32.2. The summed E-state index contributed by atoms with van der Waals surface area (Å²) in [5.41, 5.74) is 1.93. The second kappa shape index (κ2) is 9.21. The van der Waals surface area contributed by atoms with Crippen molar-refractivity contribution in [3.05, 3.63) is 64.3 Å². The molecule has 3 aromatic rings. The van der Waals surface area contributed by atoms with Gasteiger partial charge in [-0.3, -0.25) is 14.2 Å². The summed E-state index contributed by atoms with van der Waals surface area (Å²) in [5.74, 6) is 0.542. The van der Waals surface area contributed by atoms with Gasteiger partial charge in [0.15, 0.2) is 5.16 Å². The molecule has 0 saturated carbocycles. The Labute approximate surface area is 172 Å². The molecular formula is C21H23N3O2S2. The molecule has 5 nitrogen and oxygen atoms in total. The van der Waals surface area contributed by atoms with E-state index in [9.17, 15) is 9.59 Å². The lowest BCUT2D eigenvalue weighted by atomic mass is 9.99. The molecule has 1 atom stereocenters. The second-order valence-corrected chi connectivity index (χ2v) is 8.34. The first kappa shape index (κ1) is 20.4. The predicted molar refractivity (Wildman–Crippen MR) is 119 cm³/mol. The van der Waals surface area contributed by atoms with Crippen LogP contribution in [-0.2, 0) is 11.3 Å². The summed E-state index contributed by atoms with van der Waals surface area (Å²) in [7, 11) is 0. The predicted octanol–water partition coefficient (Wildman–Crippen LogP) is 4.89. The van der Waals surface area contributed by atoms with E-state index in [4.69, 9.17) is 0 Å². The zero-order valence-corrected chi connectivity index (χ0v) is 17.6. The highest BCUT2D eigenvalue weighted by Gasteiger charge is 2.13. The van der Waals surface area contributed by atoms with Crippen molar-refractivity contribution in [3.8, 4) is 0 Å². The first-order chi connectivity index (χ1) is 13.5. The highest BCUT2D eigenvalue weighted by molar-refractivity contribution is 7.99. The topological polar surface area (TPSA) is 64.0 Å². The molecule has 0 aliphatic rings. The van der Waals surface area contributed by atoms with Gasteiger partial charge in [-0.05, 0) is 41.5 Å². The fourth-order valence-electron chi connectivity index (χ4n) is 2.79. The number of hydrogen-bond donors (Lipinski definition) is 1. The first-order valence-corrected chi connectivity index (χ1v) is 11.0. The molecule has 7 heteroatoms. The standard InChI is InChI=1S/C21H23N3O2S2/c1-4-11-24-20(26)17-10-12-27-19(17)23-21(24)28-13-18(25)22-16-8-6-15(7-9-16)14(3)5-2/h4,6-10,12,14H,1,5,11,13H2,2-3H3,(H,22,25). The number of aromatic nitrogens is 2. The van der Waals surface area contributed by atoms with Crippen LogP contribution in [0.15, 0.2) is 58.3 Å². The minimum Gasteiger partial charge on any atom is -0.325 e. The largest absolute Gasteiger partial charge is 0.325 e. The van der Waals surface area contributed by atoms with Gasteiger partial charge in [-0.2, -0.15) is 0 Å². The van der Waals surface area contributed by atoms with Crippen LogP contribution in [0.2, 0.25) is 0 Å². The van der Waals surface area contributed by atoms with Crippen molar-refractivity contribution in [1.82, 2.24) is 9.55 Å². The minimum atomic E-state index is -0.132. The van der Waals surface area contributed by atoms with E-state index < -0.39 is 0 Å². The van der Waals surface area contributed by atoms with Crippen molar-refractivity contribution in [1.29, 1.82) is 0 Å². The van der Waals surface area contributed by atoms with Crippen molar-refractivity contribution < 1.29 is 4.79 Å². The summed E-state index contributed by atoms with van der Waals surface area (Å²) in [6.07, 6.45) is 2.74. The second-order valence-electron chi connectivity index (χ2n) is 6.51. The molecule has 2 aromatic heterocycles. The van der Waals surface area contributed by atoms with Crippen LogP contribution < -0.4 is 10.9 Å². The van der Waals surface area contributed by atoms with Gasteiger partial charge in [0.05, 0.1) is 11.1 Å². The maximum Gasteiger partial charge on any atom is 0.263 e. The van der Waals surface area contributed by atoms with E-state index in [2.05, 4.69) is 30.7 Å². The Hall–Kier alpha value is -2.38. The Morgan fingerprint density at radius 1 is 1.36 bits per heavy atom. The third-order valence-electron chi connectivity index (χ3n) is 4.57. The van der Waals surface area contributed by atoms with Crippen LogP contribution in [0.3, 0.4) is 0 Å². The summed E-state index contributed by atoms with van der Waals surface area (Å²) in [5, 5.41) is 5.88. The molecule has 0 bridgehead atoms. The number of anilines is 1. The lowest BCUT2D eigenvalue weighted by Crippen LogP contribution is -2.23. The fourth-order valence-corrected chi connectivity index (χ4v) is 4.40. The zero-order chi connectivity index (χ0) is 20.1. The van der Waals surface area contributed by atoms with Gasteiger partial charge in [0.2, 0.25) is 5.91 Å². The number of allylic oxidation sites excluding steroid dienone is 1. The number of hydrogen-bond acceptors (Lipinski definition) is 5. The lowest BCUT2D eigenvalue weighted by Gasteiger charge is -2.11. The van der Waals surface area contributed by atoms with E-state index in [-0.39, 0.29) is 17.2 Å². The van der Waals surface area contributed by atoms with E-state index in [1.807, 2.05) is 29.6 Å². The van der Waals surface area contributed by atoms with E-state index in [0.717, 1.165) is 12.1 Å². The highest BCUT2D eigenvalue weighted by Crippen LogP contribution is 2.23. The molecule has 28 heavy (non-hydrogen) atoms. The number of rotatable bonds is 8. The molecule has 3 rings (SSSR count). The van der Waals surface area contributed by atoms with E-state index in [0.29, 0.717) is 27.8 Å². The molecule has 0 fully saturated rings. The summed E-state index contributed by atoms with van der Waals surface area (Å²) < 4.78 is 1.56.